The fraction of sp³-hybridized carbons (Fsp3) is 0.588. The van der Waals surface area contributed by atoms with Crippen molar-refractivity contribution in [2.24, 2.45) is 5.92 Å². The highest BCUT2D eigenvalue weighted by Crippen LogP contribution is 2.18. The van der Waals surface area contributed by atoms with Gasteiger partial charge in [-0.05, 0) is 44.7 Å². The Hall–Kier alpha value is -1.91. The maximum atomic E-state index is 12.5. The van der Waals surface area contributed by atoms with Crippen LogP contribution in [-0.2, 0) is 0 Å². The van der Waals surface area contributed by atoms with Crippen LogP contribution in [0.3, 0.4) is 0 Å². The number of nitrogens with zero attached hydrogens (tertiary/aromatic N) is 3. The molecule has 0 saturated carbocycles. The fourth-order valence-corrected chi connectivity index (χ4v) is 2.72. The maximum Gasteiger partial charge on any atom is 0.272 e. The van der Waals surface area contributed by atoms with Crippen LogP contribution in [0.25, 0.3) is 0 Å². The van der Waals surface area contributed by atoms with Crippen LogP contribution in [-0.4, -0.2) is 52.8 Å². The minimum Gasteiger partial charge on any atom is -0.338 e. The van der Waals surface area contributed by atoms with E-state index in [0.29, 0.717) is 30.4 Å². The average Bonchev–Trinajstić information content (AvgIpc) is 2.56. The molecule has 1 saturated heterocycles. The highest BCUT2D eigenvalue weighted by molar-refractivity contribution is 5.96. The number of pyridine rings is 1. The number of aromatic nitrogens is 1. The summed E-state index contributed by atoms with van der Waals surface area (Å²) in [6, 6.07) is 5.11. The van der Waals surface area contributed by atoms with Gasteiger partial charge < -0.3 is 9.80 Å². The van der Waals surface area contributed by atoms with Gasteiger partial charge in [-0.15, -0.1) is 0 Å². The van der Waals surface area contributed by atoms with Crippen molar-refractivity contribution in [2.75, 3.05) is 26.2 Å². The molecule has 5 nitrogen and oxygen atoms in total. The lowest BCUT2D eigenvalue weighted by Gasteiger charge is -2.30. The normalized spacial score (nSPS) is 15.7. The molecule has 5 heteroatoms. The third-order valence-corrected chi connectivity index (χ3v) is 4.31. The van der Waals surface area contributed by atoms with E-state index in [9.17, 15) is 9.59 Å². The third kappa shape index (κ3) is 3.64. The van der Waals surface area contributed by atoms with Gasteiger partial charge in [0.1, 0.15) is 11.4 Å². The summed E-state index contributed by atoms with van der Waals surface area (Å²) in [5.41, 5.74) is 0.715. The number of amides is 2. The molecule has 0 spiro atoms. The standard InChI is InChI=1S/C17H25N3O2/c1-4-19(5-2)16(21)14-7-6-8-15(18-14)17(22)20-11-9-13(3)10-12-20/h6-8,13H,4-5,9-12H2,1-3H3. The molecule has 120 valence electrons. The second kappa shape index (κ2) is 7.38. The molecule has 0 unspecified atom stereocenters. The van der Waals surface area contributed by atoms with Crippen molar-refractivity contribution < 1.29 is 9.59 Å². The second-order valence-corrected chi connectivity index (χ2v) is 5.86. The van der Waals surface area contributed by atoms with Crippen molar-refractivity contribution in [2.45, 2.75) is 33.6 Å². The van der Waals surface area contributed by atoms with Crippen molar-refractivity contribution >= 4 is 11.8 Å². The molecular formula is C17H25N3O2. The summed E-state index contributed by atoms with van der Waals surface area (Å²) in [6.45, 7) is 8.91. The van der Waals surface area contributed by atoms with Gasteiger partial charge in [0.05, 0.1) is 0 Å². The Morgan fingerprint density at radius 1 is 1.18 bits per heavy atom. The molecule has 1 aromatic rings. The van der Waals surface area contributed by atoms with Crippen LogP contribution in [0.4, 0.5) is 0 Å². The minimum absolute atomic E-state index is 0.0684. The van der Waals surface area contributed by atoms with Crippen molar-refractivity contribution in [1.29, 1.82) is 0 Å². The molecule has 0 N–H and O–H groups in total. The first-order valence-electron chi connectivity index (χ1n) is 8.12. The summed E-state index contributed by atoms with van der Waals surface area (Å²) >= 11 is 0. The van der Waals surface area contributed by atoms with Crippen molar-refractivity contribution in [3.05, 3.63) is 29.6 Å². The Balaban J connectivity index is 2.14. The van der Waals surface area contributed by atoms with Crippen molar-refractivity contribution in [3.8, 4) is 0 Å². The Bertz CT molecular complexity index is 532. The number of carbonyl (C=O) groups is 2. The van der Waals surface area contributed by atoms with Gasteiger partial charge in [-0.2, -0.15) is 0 Å². The monoisotopic (exact) mass is 303 g/mol. The van der Waals surface area contributed by atoms with Crippen molar-refractivity contribution in [1.82, 2.24) is 14.8 Å². The van der Waals surface area contributed by atoms with E-state index in [1.807, 2.05) is 18.7 Å². The summed E-state index contributed by atoms with van der Waals surface area (Å²) in [6.07, 6.45) is 2.06. The van der Waals surface area contributed by atoms with E-state index in [2.05, 4.69) is 11.9 Å². The van der Waals surface area contributed by atoms with E-state index in [1.165, 1.54) is 0 Å². The van der Waals surface area contributed by atoms with Gasteiger partial charge in [-0.25, -0.2) is 4.98 Å². The SMILES string of the molecule is CCN(CC)C(=O)c1cccc(C(=O)N2CCC(C)CC2)n1. The summed E-state index contributed by atoms with van der Waals surface area (Å²) in [5.74, 6) is 0.487. The first-order chi connectivity index (χ1) is 10.6. The molecule has 2 heterocycles. The van der Waals surface area contributed by atoms with Crippen LogP contribution in [0.15, 0.2) is 18.2 Å². The van der Waals surface area contributed by atoms with Crippen LogP contribution in [0.2, 0.25) is 0 Å². The number of piperidine rings is 1. The van der Waals surface area contributed by atoms with E-state index in [-0.39, 0.29) is 11.8 Å². The van der Waals surface area contributed by atoms with Crippen LogP contribution in [0, 0.1) is 5.92 Å². The Morgan fingerprint density at radius 2 is 1.77 bits per heavy atom. The quantitative estimate of drug-likeness (QED) is 0.858. The van der Waals surface area contributed by atoms with Gasteiger partial charge in [-0.1, -0.05) is 13.0 Å². The number of rotatable bonds is 4. The van der Waals surface area contributed by atoms with Gasteiger partial charge in [0.15, 0.2) is 0 Å². The molecule has 0 atom stereocenters. The van der Waals surface area contributed by atoms with E-state index in [0.717, 1.165) is 25.9 Å². The zero-order valence-electron chi connectivity index (χ0n) is 13.7. The van der Waals surface area contributed by atoms with Crippen LogP contribution in [0.1, 0.15) is 54.6 Å². The minimum atomic E-state index is -0.119. The molecule has 0 aromatic carbocycles. The number of hydrogen-bond acceptors (Lipinski definition) is 3. The maximum absolute atomic E-state index is 12.5. The predicted molar refractivity (Wildman–Crippen MR) is 85.8 cm³/mol. The van der Waals surface area contributed by atoms with E-state index >= 15 is 0 Å². The molecule has 0 radical (unpaired) electrons. The van der Waals surface area contributed by atoms with E-state index in [1.54, 1.807) is 23.1 Å². The lowest BCUT2D eigenvalue weighted by atomic mass is 9.99. The molecule has 1 aliphatic rings. The molecule has 0 bridgehead atoms. The molecule has 1 aromatic heterocycles. The molecule has 2 amide bonds. The topological polar surface area (TPSA) is 53.5 Å². The smallest absolute Gasteiger partial charge is 0.272 e. The zero-order chi connectivity index (χ0) is 16.1. The Labute approximate surface area is 132 Å². The Kier molecular flexibility index (Phi) is 5.52. The summed E-state index contributed by atoms with van der Waals surface area (Å²) < 4.78 is 0. The van der Waals surface area contributed by atoms with Crippen LogP contribution in [0.5, 0.6) is 0 Å². The number of likely N-dealkylation sites (tertiary alicyclic amines) is 1. The molecule has 1 fully saturated rings. The Morgan fingerprint density at radius 3 is 2.36 bits per heavy atom. The molecule has 0 aliphatic carbocycles. The predicted octanol–water partition coefficient (Wildman–Crippen LogP) is 2.44. The lowest BCUT2D eigenvalue weighted by Crippen LogP contribution is -2.38. The van der Waals surface area contributed by atoms with Gasteiger partial charge >= 0.3 is 0 Å². The van der Waals surface area contributed by atoms with Gasteiger partial charge in [0, 0.05) is 26.2 Å². The summed E-state index contributed by atoms with van der Waals surface area (Å²) in [4.78, 5) is 32.7. The first-order valence-corrected chi connectivity index (χ1v) is 8.12. The highest BCUT2D eigenvalue weighted by atomic mass is 16.2. The zero-order valence-corrected chi connectivity index (χ0v) is 13.7. The van der Waals surface area contributed by atoms with Crippen LogP contribution >= 0.6 is 0 Å². The van der Waals surface area contributed by atoms with Gasteiger partial charge in [-0.3, -0.25) is 9.59 Å². The highest BCUT2D eigenvalue weighted by Gasteiger charge is 2.23. The fourth-order valence-electron chi connectivity index (χ4n) is 2.72. The van der Waals surface area contributed by atoms with E-state index < -0.39 is 0 Å². The molecule has 1 aliphatic heterocycles. The lowest BCUT2D eigenvalue weighted by molar-refractivity contribution is 0.0690. The average molecular weight is 303 g/mol. The number of hydrogen-bond donors (Lipinski definition) is 0. The van der Waals surface area contributed by atoms with Gasteiger partial charge in [0.2, 0.25) is 0 Å². The molecule has 22 heavy (non-hydrogen) atoms. The van der Waals surface area contributed by atoms with Crippen LogP contribution < -0.4 is 0 Å². The third-order valence-electron chi connectivity index (χ3n) is 4.31. The summed E-state index contributed by atoms with van der Waals surface area (Å²) in [5, 5.41) is 0. The van der Waals surface area contributed by atoms with Crippen molar-refractivity contribution in [3.63, 3.8) is 0 Å². The van der Waals surface area contributed by atoms with Gasteiger partial charge in [0.25, 0.3) is 11.8 Å². The second-order valence-electron chi connectivity index (χ2n) is 5.86. The number of carbonyl (C=O) groups excluding carboxylic acids is 2. The molecular weight excluding hydrogens is 278 g/mol. The molecule has 2 rings (SSSR count). The first kappa shape index (κ1) is 16.5. The van der Waals surface area contributed by atoms with E-state index in [4.69, 9.17) is 0 Å². The summed E-state index contributed by atoms with van der Waals surface area (Å²) in [7, 11) is 0. The largest absolute Gasteiger partial charge is 0.338 e.